The number of hydrogen-bond acceptors (Lipinski definition) is 4. The Morgan fingerprint density at radius 3 is 2.65 bits per heavy atom. The highest BCUT2D eigenvalue weighted by Crippen LogP contribution is 2.16. The van der Waals surface area contributed by atoms with Crippen LogP contribution in [0.2, 0.25) is 0 Å². The van der Waals surface area contributed by atoms with Crippen LogP contribution in [-0.2, 0) is 4.79 Å². The minimum absolute atomic E-state index is 0.0901. The van der Waals surface area contributed by atoms with Gasteiger partial charge in [-0.15, -0.1) is 11.3 Å². The summed E-state index contributed by atoms with van der Waals surface area (Å²) < 4.78 is 0. The Labute approximate surface area is 101 Å². The van der Waals surface area contributed by atoms with Gasteiger partial charge in [0.15, 0.2) is 0 Å². The molecule has 3 N–H and O–H groups in total. The number of carbonyl (C=O) groups is 3. The molecule has 0 bridgehead atoms. The van der Waals surface area contributed by atoms with E-state index in [1.54, 1.807) is 0 Å². The van der Waals surface area contributed by atoms with Crippen molar-refractivity contribution in [2.24, 2.45) is 0 Å². The molecule has 0 spiro atoms. The van der Waals surface area contributed by atoms with Crippen LogP contribution in [0.25, 0.3) is 0 Å². The lowest BCUT2D eigenvalue weighted by molar-refractivity contribution is -0.119. The van der Waals surface area contributed by atoms with E-state index in [9.17, 15) is 14.4 Å². The SMILES string of the molecule is O=C1CC(NC(=O)c2ccc(C(=O)O)s2)CN1. The second kappa shape index (κ2) is 4.54. The molecule has 2 rings (SSSR count). The molecule has 1 fully saturated rings. The summed E-state index contributed by atoms with van der Waals surface area (Å²) in [6.45, 7) is 0.418. The van der Waals surface area contributed by atoms with Crippen molar-refractivity contribution in [1.29, 1.82) is 0 Å². The molecule has 7 heteroatoms. The highest BCUT2D eigenvalue weighted by atomic mass is 32.1. The summed E-state index contributed by atoms with van der Waals surface area (Å²) in [6, 6.07) is 2.64. The number of carboxylic acids is 1. The molecule has 2 heterocycles. The Morgan fingerprint density at radius 1 is 1.41 bits per heavy atom. The summed E-state index contributed by atoms with van der Waals surface area (Å²) in [6.07, 6.45) is 0.267. The van der Waals surface area contributed by atoms with Gasteiger partial charge in [-0.05, 0) is 12.1 Å². The average Bonchev–Trinajstić information content (AvgIpc) is 2.86. The molecule has 90 valence electrons. The summed E-state index contributed by atoms with van der Waals surface area (Å²) in [7, 11) is 0. The van der Waals surface area contributed by atoms with Crippen molar-refractivity contribution in [1.82, 2.24) is 10.6 Å². The zero-order chi connectivity index (χ0) is 12.4. The Balaban J connectivity index is 1.99. The number of nitrogens with one attached hydrogen (secondary N) is 2. The van der Waals surface area contributed by atoms with Gasteiger partial charge in [0.2, 0.25) is 5.91 Å². The largest absolute Gasteiger partial charge is 0.477 e. The molecular formula is C10H10N2O4S. The Morgan fingerprint density at radius 2 is 2.12 bits per heavy atom. The molecular weight excluding hydrogens is 244 g/mol. The van der Waals surface area contributed by atoms with Gasteiger partial charge < -0.3 is 15.7 Å². The van der Waals surface area contributed by atoms with Gasteiger partial charge in [0, 0.05) is 13.0 Å². The van der Waals surface area contributed by atoms with Crippen molar-refractivity contribution >= 4 is 29.1 Å². The summed E-state index contributed by atoms with van der Waals surface area (Å²) in [5.41, 5.74) is 0. The van der Waals surface area contributed by atoms with Crippen molar-refractivity contribution in [3.63, 3.8) is 0 Å². The number of carbonyl (C=O) groups excluding carboxylic acids is 2. The van der Waals surface area contributed by atoms with Gasteiger partial charge in [-0.2, -0.15) is 0 Å². The van der Waals surface area contributed by atoms with Crippen molar-refractivity contribution in [3.8, 4) is 0 Å². The quantitative estimate of drug-likeness (QED) is 0.711. The lowest BCUT2D eigenvalue weighted by Gasteiger charge is -2.08. The van der Waals surface area contributed by atoms with Gasteiger partial charge in [-0.3, -0.25) is 9.59 Å². The van der Waals surface area contributed by atoms with E-state index in [-0.39, 0.29) is 29.2 Å². The molecule has 1 atom stereocenters. The van der Waals surface area contributed by atoms with E-state index in [1.165, 1.54) is 12.1 Å². The van der Waals surface area contributed by atoms with E-state index in [0.29, 0.717) is 11.4 Å². The maximum Gasteiger partial charge on any atom is 0.345 e. The van der Waals surface area contributed by atoms with Crippen LogP contribution < -0.4 is 10.6 Å². The molecule has 2 amide bonds. The Hall–Kier alpha value is -1.89. The third-order valence-corrected chi connectivity index (χ3v) is 3.43. The highest BCUT2D eigenvalue weighted by molar-refractivity contribution is 7.15. The monoisotopic (exact) mass is 254 g/mol. The van der Waals surface area contributed by atoms with Gasteiger partial charge in [0.1, 0.15) is 4.88 Å². The molecule has 1 aromatic rings. The first-order valence-corrected chi connectivity index (χ1v) is 5.78. The van der Waals surface area contributed by atoms with Gasteiger partial charge in [-0.25, -0.2) is 4.79 Å². The van der Waals surface area contributed by atoms with E-state index < -0.39 is 5.97 Å². The van der Waals surface area contributed by atoms with Crippen LogP contribution in [0.1, 0.15) is 25.8 Å². The highest BCUT2D eigenvalue weighted by Gasteiger charge is 2.24. The van der Waals surface area contributed by atoms with Gasteiger partial charge >= 0.3 is 5.97 Å². The van der Waals surface area contributed by atoms with Crippen LogP contribution in [0.4, 0.5) is 0 Å². The predicted molar refractivity (Wildman–Crippen MR) is 60.2 cm³/mol. The molecule has 6 nitrogen and oxygen atoms in total. The second-order valence-corrected chi connectivity index (χ2v) is 4.73. The number of hydrogen-bond donors (Lipinski definition) is 3. The zero-order valence-electron chi connectivity index (χ0n) is 8.73. The molecule has 1 unspecified atom stereocenters. The first-order valence-electron chi connectivity index (χ1n) is 4.97. The molecule has 0 aliphatic carbocycles. The number of aromatic carboxylic acids is 1. The number of thiophene rings is 1. The Bertz CT molecular complexity index is 482. The van der Waals surface area contributed by atoms with Gasteiger partial charge in [0.25, 0.3) is 5.91 Å². The minimum atomic E-state index is -1.05. The molecule has 1 aliphatic rings. The van der Waals surface area contributed by atoms with Gasteiger partial charge in [0.05, 0.1) is 10.9 Å². The molecule has 0 aromatic carbocycles. The predicted octanol–water partition coefficient (Wildman–Crippen LogP) is 0.0646. The summed E-state index contributed by atoms with van der Waals surface area (Å²) in [5.74, 6) is -1.48. The van der Waals surface area contributed by atoms with Crippen LogP contribution in [0.3, 0.4) is 0 Å². The molecule has 1 aromatic heterocycles. The van der Waals surface area contributed by atoms with Crippen molar-refractivity contribution in [2.45, 2.75) is 12.5 Å². The zero-order valence-corrected chi connectivity index (χ0v) is 9.54. The van der Waals surface area contributed by atoms with E-state index in [4.69, 9.17) is 5.11 Å². The van der Waals surface area contributed by atoms with Crippen LogP contribution in [0.15, 0.2) is 12.1 Å². The van der Waals surface area contributed by atoms with Crippen LogP contribution in [0.5, 0.6) is 0 Å². The normalized spacial score (nSPS) is 18.8. The fraction of sp³-hybridized carbons (Fsp3) is 0.300. The molecule has 0 saturated carbocycles. The smallest absolute Gasteiger partial charge is 0.345 e. The fourth-order valence-electron chi connectivity index (χ4n) is 1.54. The number of rotatable bonds is 3. The number of carboxylic acid groups (broad SMARTS) is 1. The topological polar surface area (TPSA) is 95.5 Å². The fourth-order valence-corrected chi connectivity index (χ4v) is 2.29. The molecule has 1 aliphatic heterocycles. The third kappa shape index (κ3) is 2.62. The van der Waals surface area contributed by atoms with Crippen molar-refractivity contribution in [3.05, 3.63) is 21.9 Å². The summed E-state index contributed by atoms with van der Waals surface area (Å²) >= 11 is 0.916. The van der Waals surface area contributed by atoms with Crippen LogP contribution >= 0.6 is 11.3 Å². The maximum absolute atomic E-state index is 11.7. The summed E-state index contributed by atoms with van der Waals surface area (Å²) in [4.78, 5) is 33.7. The van der Waals surface area contributed by atoms with Crippen LogP contribution in [-0.4, -0.2) is 35.5 Å². The minimum Gasteiger partial charge on any atom is -0.477 e. The lowest BCUT2D eigenvalue weighted by atomic mass is 10.2. The van der Waals surface area contributed by atoms with E-state index in [1.807, 2.05) is 0 Å². The first kappa shape index (κ1) is 11.6. The van der Waals surface area contributed by atoms with E-state index >= 15 is 0 Å². The maximum atomic E-state index is 11.7. The standard InChI is InChI=1S/C10H10N2O4S/c13-8-3-5(4-11-8)12-9(14)6-1-2-7(17-6)10(15)16/h1-2,5H,3-4H2,(H,11,13)(H,12,14)(H,15,16). The molecule has 17 heavy (non-hydrogen) atoms. The third-order valence-electron chi connectivity index (χ3n) is 2.35. The second-order valence-electron chi connectivity index (χ2n) is 3.65. The number of amides is 2. The summed E-state index contributed by atoms with van der Waals surface area (Å²) in [5, 5.41) is 14.0. The Kier molecular flexibility index (Phi) is 3.10. The average molecular weight is 254 g/mol. The van der Waals surface area contributed by atoms with Crippen molar-refractivity contribution < 1.29 is 19.5 Å². The lowest BCUT2D eigenvalue weighted by Crippen LogP contribution is -2.35. The van der Waals surface area contributed by atoms with Gasteiger partial charge in [-0.1, -0.05) is 0 Å². The molecule has 1 saturated heterocycles. The van der Waals surface area contributed by atoms with E-state index in [0.717, 1.165) is 11.3 Å². The molecule has 0 radical (unpaired) electrons. The van der Waals surface area contributed by atoms with E-state index in [2.05, 4.69) is 10.6 Å². The first-order chi connectivity index (χ1) is 8.06. The van der Waals surface area contributed by atoms with Crippen LogP contribution in [0, 0.1) is 0 Å². The van der Waals surface area contributed by atoms with Crippen molar-refractivity contribution in [2.75, 3.05) is 6.54 Å².